The number of hydrogen-bond acceptors (Lipinski definition) is 5. The minimum absolute atomic E-state index is 0.0223. The van der Waals surface area contributed by atoms with Gasteiger partial charge in [-0.3, -0.25) is 9.59 Å². The molecule has 0 heterocycles. The van der Waals surface area contributed by atoms with Crippen molar-refractivity contribution in [1.29, 1.82) is 0 Å². The number of nitrogens with one attached hydrogen (secondary N) is 1. The summed E-state index contributed by atoms with van der Waals surface area (Å²) in [6, 6.07) is -0.553. The Labute approximate surface area is 336 Å². The normalized spacial score (nSPS) is 12.7. The van der Waals surface area contributed by atoms with Gasteiger partial charge in [0.15, 0.2) is 0 Å². The van der Waals surface area contributed by atoms with Crippen LogP contribution in [0.5, 0.6) is 0 Å². The standard InChI is InChI=1S/C48H93NO5/c1-3-5-7-9-11-13-15-17-18-22-26-30-34-38-42-48(53)54-43-39-35-31-27-23-19-21-25-29-33-37-41-47(52)49-45(44-50)46(51)40-36-32-28-24-20-16-14-12-10-8-6-4-2/h15,17,45-46,50-51H,3-14,16,18-44H2,1-2H3,(H,49,52)/b17-15-. The number of amides is 1. The van der Waals surface area contributed by atoms with Crippen LogP contribution in [0.2, 0.25) is 0 Å². The number of rotatable bonds is 44. The SMILES string of the molecule is CCCCCCC/C=C\CCCCCCCC(=O)OCCCCCCCCCCCCCC(=O)NC(CO)C(O)CCCCCCCCCCCCCC. The molecule has 1 amide bonds. The summed E-state index contributed by atoms with van der Waals surface area (Å²) >= 11 is 0. The van der Waals surface area contributed by atoms with E-state index >= 15 is 0 Å². The predicted octanol–water partition coefficient (Wildman–Crippen LogP) is 13.8. The molecule has 3 N–H and O–H groups in total. The highest BCUT2D eigenvalue weighted by Gasteiger charge is 2.20. The summed E-state index contributed by atoms with van der Waals surface area (Å²) in [5.41, 5.74) is 0. The number of carbonyl (C=O) groups is 2. The summed E-state index contributed by atoms with van der Waals surface area (Å²) in [4.78, 5) is 24.4. The van der Waals surface area contributed by atoms with Crippen LogP contribution in [0.4, 0.5) is 0 Å². The largest absolute Gasteiger partial charge is 0.466 e. The lowest BCUT2D eigenvalue weighted by atomic mass is 10.0. The van der Waals surface area contributed by atoms with Crippen molar-refractivity contribution in [2.24, 2.45) is 0 Å². The maximum atomic E-state index is 12.4. The molecule has 0 saturated heterocycles. The van der Waals surface area contributed by atoms with Gasteiger partial charge in [0.25, 0.3) is 0 Å². The Bertz CT molecular complexity index is 802. The highest BCUT2D eigenvalue weighted by atomic mass is 16.5. The maximum Gasteiger partial charge on any atom is 0.305 e. The predicted molar refractivity (Wildman–Crippen MR) is 232 cm³/mol. The monoisotopic (exact) mass is 764 g/mol. The number of ether oxygens (including phenoxy) is 1. The lowest BCUT2D eigenvalue weighted by Crippen LogP contribution is -2.45. The fraction of sp³-hybridized carbons (Fsp3) is 0.917. The topological polar surface area (TPSA) is 95.9 Å². The Hall–Kier alpha value is -1.40. The first-order valence-corrected chi connectivity index (χ1v) is 23.9. The number of aliphatic hydroxyl groups is 2. The summed E-state index contributed by atoms with van der Waals surface area (Å²) in [5.74, 6) is -0.0772. The smallest absolute Gasteiger partial charge is 0.305 e. The Morgan fingerprint density at radius 3 is 1.31 bits per heavy atom. The maximum absolute atomic E-state index is 12.4. The van der Waals surface area contributed by atoms with E-state index in [9.17, 15) is 19.8 Å². The van der Waals surface area contributed by atoms with Gasteiger partial charge in [0.2, 0.25) is 5.91 Å². The van der Waals surface area contributed by atoms with Crippen LogP contribution < -0.4 is 5.32 Å². The zero-order valence-electron chi connectivity index (χ0n) is 36.2. The van der Waals surface area contributed by atoms with E-state index in [-0.39, 0.29) is 18.5 Å². The van der Waals surface area contributed by atoms with Gasteiger partial charge in [-0.1, -0.05) is 206 Å². The number of esters is 1. The van der Waals surface area contributed by atoms with Gasteiger partial charge >= 0.3 is 5.97 Å². The highest BCUT2D eigenvalue weighted by molar-refractivity contribution is 5.76. The van der Waals surface area contributed by atoms with Gasteiger partial charge in [-0.2, -0.15) is 0 Å². The fourth-order valence-electron chi connectivity index (χ4n) is 7.34. The van der Waals surface area contributed by atoms with Crippen LogP contribution in [-0.4, -0.2) is 47.4 Å². The zero-order valence-corrected chi connectivity index (χ0v) is 36.2. The number of unbranched alkanes of at least 4 members (excludes halogenated alkanes) is 31. The van der Waals surface area contributed by atoms with E-state index in [0.717, 1.165) is 57.8 Å². The van der Waals surface area contributed by atoms with Gasteiger partial charge in [0, 0.05) is 12.8 Å². The Balaban J connectivity index is 3.47. The first-order chi connectivity index (χ1) is 26.5. The van der Waals surface area contributed by atoms with E-state index in [1.54, 1.807) is 0 Å². The van der Waals surface area contributed by atoms with Crippen LogP contribution in [0.25, 0.3) is 0 Å². The van der Waals surface area contributed by atoms with E-state index in [0.29, 0.717) is 25.9 Å². The van der Waals surface area contributed by atoms with E-state index in [1.807, 2.05) is 0 Å². The van der Waals surface area contributed by atoms with Gasteiger partial charge < -0.3 is 20.3 Å². The van der Waals surface area contributed by atoms with Crippen molar-refractivity contribution in [3.05, 3.63) is 12.2 Å². The van der Waals surface area contributed by atoms with Crippen LogP contribution in [0.15, 0.2) is 12.2 Å². The van der Waals surface area contributed by atoms with Crippen molar-refractivity contribution >= 4 is 11.9 Å². The lowest BCUT2D eigenvalue weighted by molar-refractivity contribution is -0.143. The minimum Gasteiger partial charge on any atom is -0.466 e. The molecular formula is C48H93NO5. The molecule has 54 heavy (non-hydrogen) atoms. The minimum atomic E-state index is -0.674. The molecule has 0 spiro atoms. The molecule has 0 aromatic carbocycles. The van der Waals surface area contributed by atoms with Crippen LogP contribution in [-0.2, 0) is 14.3 Å². The quantitative estimate of drug-likeness (QED) is 0.0326. The summed E-state index contributed by atoms with van der Waals surface area (Å²) < 4.78 is 5.44. The summed E-state index contributed by atoms with van der Waals surface area (Å²) in [5, 5.41) is 23.1. The Kier molecular flexibility index (Phi) is 43.2. The zero-order chi connectivity index (χ0) is 39.4. The molecule has 0 aliphatic carbocycles. The van der Waals surface area contributed by atoms with E-state index < -0.39 is 12.1 Å². The van der Waals surface area contributed by atoms with Crippen molar-refractivity contribution < 1.29 is 24.5 Å². The lowest BCUT2D eigenvalue weighted by Gasteiger charge is -2.22. The number of allylic oxidation sites excluding steroid dienone is 2. The molecule has 6 heteroatoms. The second-order valence-corrected chi connectivity index (χ2v) is 16.4. The van der Waals surface area contributed by atoms with Crippen LogP contribution in [0.3, 0.4) is 0 Å². The summed E-state index contributed by atoms with van der Waals surface area (Å²) in [6.07, 6.45) is 48.8. The third kappa shape index (κ3) is 40.3. The molecule has 0 rings (SSSR count). The third-order valence-corrected chi connectivity index (χ3v) is 11.1. The number of carbonyl (C=O) groups excluding carboxylic acids is 2. The average Bonchev–Trinajstić information content (AvgIpc) is 3.17. The van der Waals surface area contributed by atoms with Crippen molar-refractivity contribution in [1.82, 2.24) is 5.32 Å². The van der Waals surface area contributed by atoms with Gasteiger partial charge in [-0.25, -0.2) is 0 Å². The number of hydrogen-bond donors (Lipinski definition) is 3. The molecule has 2 atom stereocenters. The van der Waals surface area contributed by atoms with Gasteiger partial charge in [-0.15, -0.1) is 0 Å². The molecule has 0 radical (unpaired) electrons. The van der Waals surface area contributed by atoms with Crippen molar-refractivity contribution in [2.45, 2.75) is 270 Å². The second kappa shape index (κ2) is 44.3. The van der Waals surface area contributed by atoms with E-state index in [4.69, 9.17) is 4.74 Å². The molecule has 2 unspecified atom stereocenters. The van der Waals surface area contributed by atoms with Gasteiger partial charge in [0.05, 0.1) is 25.4 Å². The molecule has 320 valence electrons. The molecule has 6 nitrogen and oxygen atoms in total. The second-order valence-electron chi connectivity index (χ2n) is 16.4. The first-order valence-electron chi connectivity index (χ1n) is 23.9. The van der Waals surface area contributed by atoms with Crippen molar-refractivity contribution in [3.63, 3.8) is 0 Å². The summed E-state index contributed by atoms with van der Waals surface area (Å²) in [7, 11) is 0. The molecular weight excluding hydrogens is 671 g/mol. The highest BCUT2D eigenvalue weighted by Crippen LogP contribution is 2.16. The summed E-state index contributed by atoms with van der Waals surface area (Å²) in [6.45, 7) is 4.89. The Morgan fingerprint density at radius 2 is 0.870 bits per heavy atom. The van der Waals surface area contributed by atoms with E-state index in [2.05, 4.69) is 31.3 Å². The molecule has 0 saturated carbocycles. The fourth-order valence-corrected chi connectivity index (χ4v) is 7.34. The average molecular weight is 764 g/mol. The molecule has 0 bridgehead atoms. The van der Waals surface area contributed by atoms with Crippen molar-refractivity contribution in [2.75, 3.05) is 13.2 Å². The Morgan fingerprint density at radius 1 is 0.500 bits per heavy atom. The van der Waals surface area contributed by atoms with Gasteiger partial charge in [-0.05, 0) is 51.4 Å². The van der Waals surface area contributed by atoms with Crippen LogP contribution in [0.1, 0.15) is 258 Å². The molecule has 0 aliphatic heterocycles. The molecule has 0 fully saturated rings. The van der Waals surface area contributed by atoms with Crippen molar-refractivity contribution in [3.8, 4) is 0 Å². The first kappa shape index (κ1) is 52.6. The van der Waals surface area contributed by atoms with Crippen LogP contribution in [0, 0.1) is 0 Å². The van der Waals surface area contributed by atoms with E-state index in [1.165, 1.54) is 167 Å². The third-order valence-electron chi connectivity index (χ3n) is 11.1. The molecule has 0 aliphatic rings. The molecule has 0 aromatic heterocycles. The van der Waals surface area contributed by atoms with Crippen LogP contribution >= 0.6 is 0 Å². The number of aliphatic hydroxyl groups excluding tert-OH is 2. The molecule has 0 aromatic rings. The van der Waals surface area contributed by atoms with Gasteiger partial charge in [0.1, 0.15) is 0 Å².